The summed E-state index contributed by atoms with van der Waals surface area (Å²) in [6.45, 7) is 11.0. The van der Waals surface area contributed by atoms with Crippen LogP contribution in [0.15, 0.2) is 108 Å². The number of fused-ring (bicyclic) bond motifs is 1. The van der Waals surface area contributed by atoms with Gasteiger partial charge in [-0.2, -0.15) is 9.78 Å². The minimum Gasteiger partial charge on any atom is -0.493 e. The number of nitrogens with zero attached hydrogens (tertiary/aromatic N) is 3. The van der Waals surface area contributed by atoms with Crippen molar-refractivity contribution in [3.63, 3.8) is 0 Å². The van der Waals surface area contributed by atoms with Gasteiger partial charge in [-0.25, -0.2) is 0 Å². The summed E-state index contributed by atoms with van der Waals surface area (Å²) in [5.41, 5.74) is 4.66. The molecule has 6 nitrogen and oxygen atoms in total. The fourth-order valence-corrected chi connectivity index (χ4v) is 5.27. The fraction of sp³-hybridized carbons (Fsp3) is 0.270. The second-order valence-corrected chi connectivity index (χ2v) is 10.7. The van der Waals surface area contributed by atoms with Crippen LogP contribution >= 0.6 is 0 Å². The molecule has 0 amide bonds. The first-order valence-electron chi connectivity index (χ1n) is 15.0. The maximum absolute atomic E-state index is 13.7. The topological polar surface area (TPSA) is 64.4 Å². The number of carbonyl (C=O) groups excluding carboxylic acids is 1. The van der Waals surface area contributed by atoms with Gasteiger partial charge in [-0.3, -0.25) is 4.79 Å². The molecule has 6 rings (SSSR count). The second-order valence-electron chi connectivity index (χ2n) is 10.7. The molecule has 0 bridgehead atoms. The summed E-state index contributed by atoms with van der Waals surface area (Å²) in [6, 6.07) is 34.2. The Balaban J connectivity index is 0.000000798. The van der Waals surface area contributed by atoms with E-state index >= 15 is 0 Å². The Morgan fingerprint density at radius 2 is 1.40 bits per heavy atom. The van der Waals surface area contributed by atoms with E-state index in [2.05, 4.69) is 36.9 Å². The Morgan fingerprint density at radius 1 is 0.814 bits per heavy atom. The number of aryl methyl sites for hydroxylation is 1. The van der Waals surface area contributed by atoms with Gasteiger partial charge < -0.3 is 14.4 Å². The lowest BCUT2D eigenvalue weighted by Gasteiger charge is -2.34. The Hall–Kier alpha value is -4.71. The number of aromatic nitrogens is 2. The average Bonchev–Trinajstić information content (AvgIpc) is 3.07. The number of benzene rings is 4. The quantitative estimate of drug-likeness (QED) is 0.206. The highest BCUT2D eigenvalue weighted by Crippen LogP contribution is 2.29. The molecule has 0 unspecified atom stereocenters. The molecule has 1 fully saturated rings. The van der Waals surface area contributed by atoms with Gasteiger partial charge in [0.1, 0.15) is 12.5 Å². The SMILES string of the molecule is C=O.CCC.Cc1ccc(N2CCC(COc3ccccc3)CC2)cc1-n1nc(-c2ccccc2)c2ccccc2c1=O. The highest BCUT2D eigenvalue weighted by atomic mass is 16.5. The van der Waals surface area contributed by atoms with E-state index in [0.29, 0.717) is 11.3 Å². The normalized spacial score (nSPS) is 13.0. The van der Waals surface area contributed by atoms with Gasteiger partial charge in [0, 0.05) is 29.7 Å². The van der Waals surface area contributed by atoms with Crippen LogP contribution in [0.5, 0.6) is 5.75 Å². The van der Waals surface area contributed by atoms with Gasteiger partial charge in [-0.1, -0.05) is 93.1 Å². The zero-order chi connectivity index (χ0) is 30.6. The van der Waals surface area contributed by atoms with E-state index in [9.17, 15) is 4.79 Å². The lowest BCUT2D eigenvalue weighted by atomic mass is 9.97. The van der Waals surface area contributed by atoms with E-state index in [1.54, 1.807) is 4.68 Å². The first-order chi connectivity index (χ1) is 21.1. The number of piperidine rings is 1. The molecule has 4 aromatic carbocycles. The van der Waals surface area contributed by atoms with Crippen LogP contribution in [0, 0.1) is 12.8 Å². The summed E-state index contributed by atoms with van der Waals surface area (Å²) >= 11 is 0. The molecule has 0 saturated carbocycles. The summed E-state index contributed by atoms with van der Waals surface area (Å²) < 4.78 is 7.60. The maximum Gasteiger partial charge on any atom is 0.279 e. The molecule has 1 aliphatic heterocycles. The number of hydrogen-bond acceptors (Lipinski definition) is 5. The van der Waals surface area contributed by atoms with Gasteiger partial charge in [-0.15, -0.1) is 0 Å². The molecule has 0 aliphatic carbocycles. The van der Waals surface area contributed by atoms with Crippen LogP contribution in [0.25, 0.3) is 27.7 Å². The monoisotopic (exact) mass is 575 g/mol. The van der Waals surface area contributed by atoms with Crippen LogP contribution in [-0.2, 0) is 4.79 Å². The van der Waals surface area contributed by atoms with Crippen molar-refractivity contribution in [3.8, 4) is 22.7 Å². The molecule has 0 spiro atoms. The third-order valence-electron chi connectivity index (χ3n) is 7.48. The Morgan fingerprint density at radius 3 is 2.05 bits per heavy atom. The average molecular weight is 576 g/mol. The van der Waals surface area contributed by atoms with E-state index in [0.717, 1.165) is 71.9 Å². The van der Waals surface area contributed by atoms with E-state index in [-0.39, 0.29) is 5.56 Å². The Labute approximate surface area is 254 Å². The lowest BCUT2D eigenvalue weighted by molar-refractivity contribution is -0.0980. The minimum absolute atomic E-state index is 0.0997. The molecule has 0 atom stereocenters. The summed E-state index contributed by atoms with van der Waals surface area (Å²) in [6.07, 6.45) is 3.39. The van der Waals surface area contributed by atoms with Crippen molar-refractivity contribution in [2.24, 2.45) is 5.92 Å². The first-order valence-corrected chi connectivity index (χ1v) is 15.0. The standard InChI is InChI=1S/C33H31N3O2.C3H8.CH2O/c1-24-16-17-27(35-20-18-25(19-21-35)23-38-28-12-6-3-7-13-28)22-31(24)36-33(37)30-15-9-8-14-29(30)32(34-36)26-10-4-2-5-11-26;1-3-2;1-2/h2-17,22,25H,18-21,23H2,1H3;3H2,1-2H3;1H2. The van der Waals surface area contributed by atoms with Crippen LogP contribution in [0.3, 0.4) is 0 Å². The lowest BCUT2D eigenvalue weighted by Crippen LogP contribution is -2.35. The van der Waals surface area contributed by atoms with E-state index in [1.807, 2.05) is 98.6 Å². The van der Waals surface area contributed by atoms with Gasteiger partial charge >= 0.3 is 0 Å². The van der Waals surface area contributed by atoms with Crippen molar-refractivity contribution in [2.45, 2.75) is 40.0 Å². The molecule has 1 aromatic heterocycles. The molecule has 0 radical (unpaired) electrons. The zero-order valence-electron chi connectivity index (χ0n) is 25.4. The maximum atomic E-state index is 13.7. The largest absolute Gasteiger partial charge is 0.493 e. The highest BCUT2D eigenvalue weighted by molar-refractivity contribution is 5.94. The number of para-hydroxylation sites is 1. The molecule has 1 aliphatic rings. The summed E-state index contributed by atoms with van der Waals surface area (Å²) in [7, 11) is 0. The van der Waals surface area contributed by atoms with Crippen molar-refractivity contribution in [1.29, 1.82) is 0 Å². The summed E-state index contributed by atoms with van der Waals surface area (Å²) in [4.78, 5) is 24.1. The van der Waals surface area contributed by atoms with Crippen LogP contribution < -0.4 is 15.2 Å². The number of ether oxygens (including phenoxy) is 1. The molecule has 6 heteroatoms. The minimum atomic E-state index is -0.0997. The van der Waals surface area contributed by atoms with Crippen molar-refractivity contribution in [3.05, 3.63) is 119 Å². The molecule has 0 N–H and O–H groups in total. The van der Waals surface area contributed by atoms with Crippen LogP contribution in [0.1, 0.15) is 38.7 Å². The van der Waals surface area contributed by atoms with E-state index in [4.69, 9.17) is 14.6 Å². The molecule has 222 valence electrons. The number of anilines is 1. The predicted molar refractivity (Wildman–Crippen MR) is 177 cm³/mol. The third-order valence-corrected chi connectivity index (χ3v) is 7.48. The molecular weight excluding hydrogens is 534 g/mol. The van der Waals surface area contributed by atoms with Gasteiger partial charge in [0.15, 0.2) is 0 Å². The van der Waals surface area contributed by atoms with Gasteiger partial charge in [0.25, 0.3) is 5.56 Å². The Kier molecular flexibility index (Phi) is 11.3. The van der Waals surface area contributed by atoms with Crippen LogP contribution in [0.4, 0.5) is 5.69 Å². The molecule has 5 aromatic rings. The van der Waals surface area contributed by atoms with Crippen LogP contribution in [-0.4, -0.2) is 36.3 Å². The van der Waals surface area contributed by atoms with Crippen molar-refractivity contribution >= 4 is 23.2 Å². The smallest absolute Gasteiger partial charge is 0.279 e. The van der Waals surface area contributed by atoms with Crippen LogP contribution in [0.2, 0.25) is 0 Å². The van der Waals surface area contributed by atoms with Gasteiger partial charge in [-0.05, 0) is 61.6 Å². The molecule has 43 heavy (non-hydrogen) atoms. The predicted octanol–water partition coefficient (Wildman–Crippen LogP) is 7.89. The van der Waals surface area contributed by atoms with E-state index in [1.165, 1.54) is 6.42 Å². The van der Waals surface area contributed by atoms with E-state index < -0.39 is 0 Å². The zero-order valence-corrected chi connectivity index (χ0v) is 25.4. The van der Waals surface area contributed by atoms with Gasteiger partial charge in [0.2, 0.25) is 0 Å². The summed E-state index contributed by atoms with van der Waals surface area (Å²) in [5, 5.41) is 6.46. The number of carbonyl (C=O) groups is 1. The molecule has 2 heterocycles. The van der Waals surface area contributed by atoms with Crippen molar-refractivity contribution in [1.82, 2.24) is 9.78 Å². The fourth-order valence-electron chi connectivity index (χ4n) is 5.27. The first kappa shape index (κ1) is 31.2. The highest BCUT2D eigenvalue weighted by Gasteiger charge is 2.21. The van der Waals surface area contributed by atoms with Crippen molar-refractivity contribution in [2.75, 3.05) is 24.6 Å². The summed E-state index contributed by atoms with van der Waals surface area (Å²) in [5.74, 6) is 1.47. The third kappa shape index (κ3) is 7.58. The Bertz CT molecular complexity index is 1640. The molecular formula is C37H41N3O3. The second kappa shape index (κ2) is 15.5. The number of hydrogen-bond donors (Lipinski definition) is 0. The van der Waals surface area contributed by atoms with Gasteiger partial charge in [0.05, 0.1) is 23.4 Å². The number of rotatable bonds is 6. The molecule has 1 saturated heterocycles. The van der Waals surface area contributed by atoms with Crippen molar-refractivity contribution < 1.29 is 9.53 Å².